The lowest BCUT2D eigenvalue weighted by Gasteiger charge is -2.21. The van der Waals surface area contributed by atoms with Gasteiger partial charge in [-0.3, -0.25) is 4.79 Å². The molecule has 0 radical (unpaired) electrons. The molecule has 0 bridgehead atoms. The molecule has 0 spiro atoms. The van der Waals surface area contributed by atoms with Crippen LogP contribution in [0.15, 0.2) is 42.5 Å². The van der Waals surface area contributed by atoms with Crippen LogP contribution in [0.1, 0.15) is 34.1 Å². The summed E-state index contributed by atoms with van der Waals surface area (Å²) in [6.07, 6.45) is 0.111. The number of nitrogens with one attached hydrogen (secondary N) is 1. The lowest BCUT2D eigenvalue weighted by atomic mass is 10.1. The van der Waals surface area contributed by atoms with Crippen LogP contribution in [-0.4, -0.2) is 31.3 Å². The van der Waals surface area contributed by atoms with Gasteiger partial charge < -0.3 is 14.8 Å². The molecule has 0 amide bonds. The van der Waals surface area contributed by atoms with Crippen LogP contribution in [0.25, 0.3) is 10.8 Å². The average molecular weight is 343 g/mol. The summed E-state index contributed by atoms with van der Waals surface area (Å²) < 4.78 is 11.6. The molecule has 0 aliphatic carbocycles. The molecule has 0 fully saturated rings. The number of carbonyl (C=O) groups is 1. The molecule has 0 unspecified atom stereocenters. The zero-order chi connectivity index (χ0) is 18.2. The Labute approximate surface area is 150 Å². The van der Waals surface area contributed by atoms with Crippen LogP contribution in [0, 0.1) is 5.92 Å². The summed E-state index contributed by atoms with van der Waals surface area (Å²) in [5.74, 6) is 0.921. The molecule has 0 heterocycles. The van der Waals surface area contributed by atoms with Gasteiger partial charge >= 0.3 is 5.97 Å². The topological polar surface area (TPSA) is 47.6 Å². The van der Waals surface area contributed by atoms with Gasteiger partial charge in [-0.15, -0.1) is 0 Å². The Morgan fingerprint density at radius 1 is 1.04 bits per heavy atom. The summed E-state index contributed by atoms with van der Waals surface area (Å²) >= 11 is 0. The lowest BCUT2D eigenvalue weighted by Crippen LogP contribution is -2.38. The summed E-state index contributed by atoms with van der Waals surface area (Å²) in [4.78, 5) is 12.0. The number of fused-ring (bicyclic) bond motifs is 1. The van der Waals surface area contributed by atoms with Gasteiger partial charge in [0.2, 0.25) is 0 Å². The summed E-state index contributed by atoms with van der Waals surface area (Å²) in [6.45, 7) is 9.06. The number of ether oxygens (including phenoxy) is 2. The van der Waals surface area contributed by atoms with Gasteiger partial charge in [0, 0.05) is 24.4 Å². The zero-order valence-electron chi connectivity index (χ0n) is 15.6. The van der Waals surface area contributed by atoms with Gasteiger partial charge in [0.15, 0.2) is 0 Å². The van der Waals surface area contributed by atoms with Crippen molar-refractivity contribution in [2.45, 2.75) is 46.3 Å². The van der Waals surface area contributed by atoms with Crippen molar-refractivity contribution in [3.8, 4) is 5.75 Å². The van der Waals surface area contributed by atoms with Gasteiger partial charge in [-0.1, -0.05) is 64.1 Å². The quantitative estimate of drug-likeness (QED) is 0.694. The molecule has 2 aromatic rings. The Morgan fingerprint density at radius 2 is 1.76 bits per heavy atom. The van der Waals surface area contributed by atoms with Crippen LogP contribution >= 0.6 is 0 Å². The SMILES string of the molecule is CC(C)CC(=O)O[C@@H](CNC(C)C)COc1cccc2ccccc12. The van der Waals surface area contributed by atoms with Crippen LogP contribution in [0.4, 0.5) is 0 Å². The molecule has 0 aliphatic rings. The Kier molecular flexibility index (Phi) is 7.26. The van der Waals surface area contributed by atoms with Crippen molar-refractivity contribution in [1.82, 2.24) is 5.32 Å². The molecular formula is C21H29NO3. The highest BCUT2D eigenvalue weighted by Crippen LogP contribution is 2.25. The van der Waals surface area contributed by atoms with Crippen LogP contribution < -0.4 is 10.1 Å². The van der Waals surface area contributed by atoms with Crippen LogP contribution in [0.3, 0.4) is 0 Å². The molecule has 25 heavy (non-hydrogen) atoms. The molecule has 0 saturated carbocycles. The second kappa shape index (κ2) is 9.42. The Balaban J connectivity index is 2.03. The zero-order valence-corrected chi connectivity index (χ0v) is 15.6. The highest BCUT2D eigenvalue weighted by molar-refractivity contribution is 5.88. The lowest BCUT2D eigenvalue weighted by molar-refractivity contribution is -0.151. The minimum atomic E-state index is -0.312. The maximum absolute atomic E-state index is 12.0. The van der Waals surface area contributed by atoms with Gasteiger partial charge in [-0.25, -0.2) is 0 Å². The molecule has 2 rings (SSSR count). The molecule has 1 N–H and O–H groups in total. The molecule has 4 nitrogen and oxygen atoms in total. The maximum atomic E-state index is 12.0. The Bertz CT molecular complexity index is 676. The van der Waals surface area contributed by atoms with Gasteiger partial charge in [0.05, 0.1) is 0 Å². The van der Waals surface area contributed by atoms with Gasteiger partial charge in [-0.05, 0) is 17.4 Å². The van der Waals surface area contributed by atoms with Gasteiger partial charge in [0.25, 0.3) is 0 Å². The van der Waals surface area contributed by atoms with Crippen molar-refractivity contribution >= 4 is 16.7 Å². The number of benzene rings is 2. The van der Waals surface area contributed by atoms with Crippen LogP contribution in [-0.2, 0) is 9.53 Å². The third kappa shape index (κ3) is 6.39. The second-order valence-electron chi connectivity index (χ2n) is 7.06. The van der Waals surface area contributed by atoms with E-state index in [9.17, 15) is 4.79 Å². The number of rotatable bonds is 9. The van der Waals surface area contributed by atoms with Crippen LogP contribution in [0.5, 0.6) is 5.75 Å². The monoisotopic (exact) mass is 343 g/mol. The predicted molar refractivity (Wildman–Crippen MR) is 102 cm³/mol. The minimum absolute atomic E-state index is 0.174. The summed E-state index contributed by atoms with van der Waals surface area (Å²) in [6, 6.07) is 14.4. The largest absolute Gasteiger partial charge is 0.489 e. The van der Waals surface area contributed by atoms with Crippen molar-refractivity contribution in [2.75, 3.05) is 13.2 Å². The molecule has 4 heteroatoms. The summed E-state index contributed by atoms with van der Waals surface area (Å²) in [5.41, 5.74) is 0. The van der Waals surface area contributed by atoms with Gasteiger partial charge in [-0.2, -0.15) is 0 Å². The third-order valence-electron chi connectivity index (χ3n) is 3.80. The number of esters is 1. The third-order valence-corrected chi connectivity index (χ3v) is 3.80. The fourth-order valence-corrected chi connectivity index (χ4v) is 2.57. The van der Waals surface area contributed by atoms with E-state index in [0.29, 0.717) is 25.6 Å². The van der Waals surface area contributed by atoms with Crippen molar-refractivity contribution in [3.63, 3.8) is 0 Å². The second-order valence-corrected chi connectivity index (χ2v) is 7.06. The molecule has 2 aromatic carbocycles. The highest BCUT2D eigenvalue weighted by atomic mass is 16.6. The summed E-state index contributed by atoms with van der Waals surface area (Å²) in [7, 11) is 0. The molecule has 0 aliphatic heterocycles. The molecule has 1 atom stereocenters. The molecule has 136 valence electrons. The molecule has 0 aromatic heterocycles. The van der Waals surface area contributed by atoms with E-state index in [2.05, 4.69) is 31.3 Å². The Hall–Kier alpha value is -2.07. The van der Waals surface area contributed by atoms with E-state index < -0.39 is 0 Å². The minimum Gasteiger partial charge on any atom is -0.489 e. The summed E-state index contributed by atoms with van der Waals surface area (Å²) in [5, 5.41) is 5.52. The number of hydrogen-bond acceptors (Lipinski definition) is 4. The first-order chi connectivity index (χ1) is 12.0. The standard InChI is InChI=1S/C21H29NO3/c1-15(2)12-21(23)25-18(13-22-16(3)4)14-24-20-11-7-9-17-8-5-6-10-19(17)20/h5-11,15-16,18,22H,12-14H2,1-4H3/t18-/m0/s1. The number of hydrogen-bond donors (Lipinski definition) is 1. The Morgan fingerprint density at radius 3 is 2.48 bits per heavy atom. The van der Waals surface area contributed by atoms with E-state index in [1.807, 2.05) is 44.2 Å². The molecule has 0 saturated heterocycles. The van der Waals surface area contributed by atoms with E-state index in [1.54, 1.807) is 0 Å². The number of carbonyl (C=O) groups excluding carboxylic acids is 1. The van der Waals surface area contributed by atoms with E-state index in [4.69, 9.17) is 9.47 Å². The van der Waals surface area contributed by atoms with E-state index >= 15 is 0 Å². The highest BCUT2D eigenvalue weighted by Gasteiger charge is 2.17. The first-order valence-corrected chi connectivity index (χ1v) is 8.99. The molecular weight excluding hydrogens is 314 g/mol. The fourth-order valence-electron chi connectivity index (χ4n) is 2.57. The van der Waals surface area contributed by atoms with E-state index in [0.717, 1.165) is 16.5 Å². The predicted octanol–water partition coefficient (Wildman–Crippen LogP) is 4.17. The normalized spacial score (nSPS) is 12.6. The average Bonchev–Trinajstić information content (AvgIpc) is 2.56. The van der Waals surface area contributed by atoms with Gasteiger partial charge in [0.1, 0.15) is 18.5 Å². The van der Waals surface area contributed by atoms with Crippen molar-refractivity contribution in [3.05, 3.63) is 42.5 Å². The fraction of sp³-hybridized carbons (Fsp3) is 0.476. The van der Waals surface area contributed by atoms with Crippen molar-refractivity contribution < 1.29 is 14.3 Å². The van der Waals surface area contributed by atoms with Crippen LogP contribution in [0.2, 0.25) is 0 Å². The van der Waals surface area contributed by atoms with Crippen molar-refractivity contribution in [1.29, 1.82) is 0 Å². The van der Waals surface area contributed by atoms with Crippen molar-refractivity contribution in [2.24, 2.45) is 5.92 Å². The maximum Gasteiger partial charge on any atom is 0.306 e. The first-order valence-electron chi connectivity index (χ1n) is 8.99. The van der Waals surface area contributed by atoms with E-state index in [1.165, 1.54) is 0 Å². The smallest absolute Gasteiger partial charge is 0.306 e. The first kappa shape index (κ1) is 19.3. The van der Waals surface area contributed by atoms with E-state index in [-0.39, 0.29) is 18.0 Å².